The number of hydrogen-bond donors (Lipinski definition) is 1. The van der Waals surface area contributed by atoms with Gasteiger partial charge in [0, 0.05) is 30.4 Å². The van der Waals surface area contributed by atoms with Crippen LogP contribution in [0.4, 0.5) is 18.9 Å². The normalized spacial score (nSPS) is 14.5. The van der Waals surface area contributed by atoms with Gasteiger partial charge in [-0.3, -0.25) is 4.79 Å². The standard InChI is InChI=1S/C33H31F3N2O6S/c1-22-5-3-8-30(31(22)23-9-11-27(12-10-23)44-33(34,35)36)32(39)37-24-6-4-7-28(21-24)43-26-17-19-38(20-18-26)45(40,41)29-15-13-25(42-2)14-16-29/h3-16,21,26H,17-20H2,1-2H3,(H,37,39). The number of hydrogen-bond acceptors (Lipinski definition) is 6. The second kappa shape index (κ2) is 13.2. The Morgan fingerprint density at radius 2 is 1.51 bits per heavy atom. The molecule has 1 amide bonds. The van der Waals surface area contributed by atoms with E-state index in [9.17, 15) is 26.4 Å². The predicted molar refractivity (Wildman–Crippen MR) is 163 cm³/mol. The molecule has 1 aliphatic heterocycles. The van der Waals surface area contributed by atoms with E-state index < -0.39 is 22.3 Å². The molecule has 4 aromatic carbocycles. The van der Waals surface area contributed by atoms with Gasteiger partial charge in [0.1, 0.15) is 23.4 Å². The van der Waals surface area contributed by atoms with Crippen molar-refractivity contribution >= 4 is 21.6 Å². The number of alkyl halides is 3. The number of piperidine rings is 1. The Kier molecular flexibility index (Phi) is 9.35. The third kappa shape index (κ3) is 7.76. The van der Waals surface area contributed by atoms with Gasteiger partial charge in [-0.15, -0.1) is 13.2 Å². The maximum Gasteiger partial charge on any atom is 0.573 e. The SMILES string of the molecule is COc1ccc(S(=O)(=O)N2CCC(Oc3cccc(NC(=O)c4cccc(C)c4-c4ccc(OC(F)(F)F)cc4)c3)CC2)cc1. The third-order valence-corrected chi connectivity index (χ3v) is 9.30. The molecule has 5 rings (SSSR count). The number of methoxy groups -OCH3 is 1. The first-order valence-electron chi connectivity index (χ1n) is 14.1. The summed E-state index contributed by atoms with van der Waals surface area (Å²) in [5.74, 6) is 0.339. The van der Waals surface area contributed by atoms with Gasteiger partial charge >= 0.3 is 6.36 Å². The molecule has 12 heteroatoms. The highest BCUT2D eigenvalue weighted by Gasteiger charge is 2.32. The quantitative estimate of drug-likeness (QED) is 0.211. The molecule has 0 spiro atoms. The zero-order chi connectivity index (χ0) is 32.2. The van der Waals surface area contributed by atoms with E-state index >= 15 is 0 Å². The summed E-state index contributed by atoms with van der Waals surface area (Å²) in [5.41, 5.74) is 2.74. The summed E-state index contributed by atoms with van der Waals surface area (Å²) in [5, 5.41) is 2.88. The predicted octanol–water partition coefficient (Wildman–Crippen LogP) is 7.05. The number of benzene rings is 4. The van der Waals surface area contributed by atoms with Crippen molar-refractivity contribution in [3.8, 4) is 28.4 Å². The van der Waals surface area contributed by atoms with E-state index in [1.165, 1.54) is 47.8 Å². The summed E-state index contributed by atoms with van der Waals surface area (Å²) < 4.78 is 80.6. The fourth-order valence-corrected chi connectivity index (χ4v) is 6.66. The largest absolute Gasteiger partial charge is 0.573 e. The van der Waals surface area contributed by atoms with Crippen LogP contribution in [0.3, 0.4) is 0 Å². The number of aryl methyl sites for hydroxylation is 1. The molecule has 1 aliphatic rings. The van der Waals surface area contributed by atoms with E-state index in [4.69, 9.17) is 9.47 Å². The molecule has 1 N–H and O–H groups in total. The van der Waals surface area contributed by atoms with Gasteiger partial charge in [0.15, 0.2) is 0 Å². The molecule has 8 nitrogen and oxygen atoms in total. The van der Waals surface area contributed by atoms with E-state index in [1.54, 1.807) is 48.5 Å². The topological polar surface area (TPSA) is 94.2 Å². The Bertz CT molecular complexity index is 1750. The second-order valence-corrected chi connectivity index (χ2v) is 12.4. The zero-order valence-corrected chi connectivity index (χ0v) is 25.3. The van der Waals surface area contributed by atoms with E-state index in [0.717, 1.165) is 5.56 Å². The zero-order valence-electron chi connectivity index (χ0n) is 24.5. The van der Waals surface area contributed by atoms with Gasteiger partial charge in [-0.25, -0.2) is 8.42 Å². The summed E-state index contributed by atoms with van der Waals surface area (Å²) in [6.07, 6.45) is -4.04. The van der Waals surface area contributed by atoms with Crippen LogP contribution in [-0.2, 0) is 10.0 Å². The van der Waals surface area contributed by atoms with Gasteiger partial charge in [0.2, 0.25) is 10.0 Å². The molecule has 1 fully saturated rings. The fraction of sp³-hybridized carbons (Fsp3) is 0.242. The number of anilines is 1. The van der Waals surface area contributed by atoms with Crippen molar-refractivity contribution in [2.24, 2.45) is 0 Å². The van der Waals surface area contributed by atoms with Crippen molar-refractivity contribution in [2.75, 3.05) is 25.5 Å². The molecule has 0 aromatic heterocycles. The Morgan fingerprint density at radius 1 is 0.867 bits per heavy atom. The molecule has 1 heterocycles. The highest BCUT2D eigenvalue weighted by molar-refractivity contribution is 7.89. The van der Waals surface area contributed by atoms with Gasteiger partial charge in [0.25, 0.3) is 5.91 Å². The van der Waals surface area contributed by atoms with E-state index in [2.05, 4.69) is 10.1 Å². The number of halogens is 3. The van der Waals surface area contributed by atoms with Crippen LogP contribution in [0.15, 0.2) is 95.9 Å². The van der Waals surface area contributed by atoms with Gasteiger partial charge in [-0.1, -0.05) is 30.3 Å². The van der Waals surface area contributed by atoms with E-state index in [0.29, 0.717) is 59.8 Å². The van der Waals surface area contributed by atoms with Crippen molar-refractivity contribution in [1.29, 1.82) is 0 Å². The van der Waals surface area contributed by atoms with Crippen LogP contribution in [0.1, 0.15) is 28.8 Å². The smallest absolute Gasteiger partial charge is 0.497 e. The van der Waals surface area contributed by atoms with Gasteiger partial charge in [-0.2, -0.15) is 4.31 Å². The number of carbonyl (C=O) groups excluding carboxylic acids is 1. The summed E-state index contributed by atoms with van der Waals surface area (Å²) in [4.78, 5) is 13.6. The summed E-state index contributed by atoms with van der Waals surface area (Å²) >= 11 is 0. The molecule has 0 atom stereocenters. The summed E-state index contributed by atoms with van der Waals surface area (Å²) in [6, 6.07) is 23.7. The average molecular weight is 641 g/mol. The molecule has 0 unspecified atom stereocenters. The van der Waals surface area contributed by atoms with Gasteiger partial charge in [-0.05, 0) is 91.1 Å². The molecular weight excluding hydrogens is 609 g/mol. The van der Waals surface area contributed by atoms with E-state index in [1.807, 2.05) is 13.0 Å². The molecule has 0 saturated carbocycles. The number of ether oxygens (including phenoxy) is 3. The van der Waals surface area contributed by atoms with Crippen LogP contribution in [0.5, 0.6) is 17.2 Å². The van der Waals surface area contributed by atoms with Crippen molar-refractivity contribution in [1.82, 2.24) is 4.31 Å². The van der Waals surface area contributed by atoms with Crippen molar-refractivity contribution < 1.29 is 40.6 Å². The number of rotatable bonds is 9. The molecule has 1 saturated heterocycles. The molecule has 45 heavy (non-hydrogen) atoms. The minimum Gasteiger partial charge on any atom is -0.497 e. The average Bonchev–Trinajstić information content (AvgIpc) is 3.01. The minimum absolute atomic E-state index is 0.204. The van der Waals surface area contributed by atoms with Crippen LogP contribution in [0.25, 0.3) is 11.1 Å². The van der Waals surface area contributed by atoms with Crippen molar-refractivity contribution in [2.45, 2.75) is 37.1 Å². The van der Waals surface area contributed by atoms with Crippen LogP contribution in [0.2, 0.25) is 0 Å². The Hall–Kier alpha value is -4.55. The Labute approximate surface area is 259 Å². The number of carbonyl (C=O) groups is 1. The van der Waals surface area contributed by atoms with Crippen LogP contribution in [-0.4, -0.2) is 51.3 Å². The second-order valence-electron chi connectivity index (χ2n) is 10.4. The molecule has 4 aromatic rings. The highest BCUT2D eigenvalue weighted by Crippen LogP contribution is 2.32. The lowest BCUT2D eigenvalue weighted by Gasteiger charge is -2.31. The minimum atomic E-state index is -4.80. The molecule has 0 bridgehead atoms. The van der Waals surface area contributed by atoms with Crippen molar-refractivity contribution in [3.05, 3.63) is 102 Å². The Morgan fingerprint density at radius 3 is 2.16 bits per heavy atom. The molecule has 0 aliphatic carbocycles. The maximum atomic E-state index is 13.4. The number of sulfonamides is 1. The third-order valence-electron chi connectivity index (χ3n) is 7.39. The highest BCUT2D eigenvalue weighted by atomic mass is 32.2. The van der Waals surface area contributed by atoms with E-state index in [-0.39, 0.29) is 16.7 Å². The summed E-state index contributed by atoms with van der Waals surface area (Å²) in [6.45, 7) is 2.41. The number of nitrogens with one attached hydrogen (secondary N) is 1. The molecule has 236 valence electrons. The van der Waals surface area contributed by atoms with Crippen molar-refractivity contribution in [3.63, 3.8) is 0 Å². The lowest BCUT2D eigenvalue weighted by molar-refractivity contribution is -0.274. The lowest BCUT2D eigenvalue weighted by atomic mass is 9.94. The van der Waals surface area contributed by atoms with Gasteiger partial charge in [0.05, 0.1) is 12.0 Å². The van der Waals surface area contributed by atoms with Crippen LogP contribution in [0, 0.1) is 6.92 Å². The first kappa shape index (κ1) is 31.9. The maximum absolute atomic E-state index is 13.4. The lowest BCUT2D eigenvalue weighted by Crippen LogP contribution is -2.41. The number of nitrogens with zero attached hydrogens (tertiary/aromatic N) is 1. The molecular formula is C33H31F3N2O6S. The van der Waals surface area contributed by atoms with Gasteiger partial charge < -0.3 is 19.5 Å². The van der Waals surface area contributed by atoms with Crippen LogP contribution < -0.4 is 19.5 Å². The first-order valence-corrected chi connectivity index (χ1v) is 15.5. The van der Waals surface area contributed by atoms with Crippen LogP contribution >= 0.6 is 0 Å². The number of amides is 1. The molecule has 0 radical (unpaired) electrons. The monoisotopic (exact) mass is 640 g/mol. The first-order chi connectivity index (χ1) is 21.4. The summed E-state index contributed by atoms with van der Waals surface area (Å²) in [7, 11) is -2.12. The fourth-order valence-electron chi connectivity index (χ4n) is 5.19. The Balaban J connectivity index is 1.23.